The minimum atomic E-state index is 0.0371. The lowest BCUT2D eigenvalue weighted by Gasteiger charge is -2.16. The molecular formula is C15H17N2O+. The van der Waals surface area contributed by atoms with E-state index in [2.05, 4.69) is 0 Å². The summed E-state index contributed by atoms with van der Waals surface area (Å²) in [6, 6.07) is 13.7. The zero-order valence-electron chi connectivity index (χ0n) is 10.7. The molecule has 0 aliphatic carbocycles. The molecule has 0 atom stereocenters. The smallest absolute Gasteiger partial charge is 0.259 e. The molecule has 0 radical (unpaired) electrons. The molecular weight excluding hydrogens is 224 g/mol. The molecule has 0 unspecified atom stereocenters. The van der Waals surface area contributed by atoms with Gasteiger partial charge in [0.25, 0.3) is 5.91 Å². The number of nitrogens with zero attached hydrogens (tertiary/aromatic N) is 2. The van der Waals surface area contributed by atoms with E-state index in [0.717, 1.165) is 5.56 Å². The van der Waals surface area contributed by atoms with E-state index in [9.17, 15) is 4.79 Å². The lowest BCUT2D eigenvalue weighted by Crippen LogP contribution is -2.32. The van der Waals surface area contributed by atoms with E-state index < -0.39 is 0 Å². The molecule has 0 saturated carbocycles. The van der Waals surface area contributed by atoms with Crippen LogP contribution in [0.2, 0.25) is 0 Å². The summed E-state index contributed by atoms with van der Waals surface area (Å²) in [5.41, 5.74) is 1.84. The van der Waals surface area contributed by atoms with Crippen molar-refractivity contribution in [3.63, 3.8) is 0 Å². The van der Waals surface area contributed by atoms with Crippen molar-refractivity contribution in [1.82, 2.24) is 4.90 Å². The van der Waals surface area contributed by atoms with Crippen LogP contribution < -0.4 is 4.57 Å². The summed E-state index contributed by atoms with van der Waals surface area (Å²) in [4.78, 5) is 13.9. The number of pyridine rings is 1. The Hall–Kier alpha value is -2.16. The molecule has 0 aliphatic rings. The number of carbonyl (C=O) groups is 1. The minimum absolute atomic E-state index is 0.0371. The van der Waals surface area contributed by atoms with Crippen LogP contribution in [0.1, 0.15) is 15.9 Å². The number of aryl methyl sites for hydroxylation is 1. The van der Waals surface area contributed by atoms with E-state index in [1.54, 1.807) is 4.90 Å². The highest BCUT2D eigenvalue weighted by atomic mass is 16.2. The molecule has 2 aromatic rings. The number of hydrogen-bond donors (Lipinski definition) is 0. The van der Waals surface area contributed by atoms with E-state index >= 15 is 0 Å². The highest BCUT2D eigenvalue weighted by Gasteiger charge is 2.14. The standard InChI is InChI=1S/C15H17N2O/c1-16-10-6-9-14(12-16)15(18)17(2)11-13-7-4-3-5-8-13/h3-10,12H,11H2,1-2H3/q+1. The fourth-order valence-corrected chi connectivity index (χ4v) is 1.86. The van der Waals surface area contributed by atoms with Crippen LogP contribution in [0.25, 0.3) is 0 Å². The Labute approximate surface area is 107 Å². The first kappa shape index (κ1) is 12.3. The Kier molecular flexibility index (Phi) is 3.72. The summed E-state index contributed by atoms with van der Waals surface area (Å²) in [6.45, 7) is 0.623. The molecule has 0 saturated heterocycles. The van der Waals surface area contributed by atoms with Crippen LogP contribution in [-0.4, -0.2) is 17.9 Å². The van der Waals surface area contributed by atoms with Crippen molar-refractivity contribution >= 4 is 5.91 Å². The van der Waals surface area contributed by atoms with E-state index in [1.165, 1.54) is 0 Å². The summed E-state index contributed by atoms with van der Waals surface area (Å²) in [5, 5.41) is 0. The lowest BCUT2D eigenvalue weighted by molar-refractivity contribution is -0.671. The van der Waals surface area contributed by atoms with E-state index in [0.29, 0.717) is 12.1 Å². The maximum atomic E-state index is 12.2. The first-order valence-corrected chi connectivity index (χ1v) is 5.91. The molecule has 0 fully saturated rings. The normalized spacial score (nSPS) is 10.1. The molecule has 1 aromatic heterocycles. The fraction of sp³-hybridized carbons (Fsp3) is 0.200. The van der Waals surface area contributed by atoms with Crippen LogP contribution in [0, 0.1) is 0 Å². The second kappa shape index (κ2) is 5.45. The number of benzene rings is 1. The van der Waals surface area contributed by atoms with Crippen molar-refractivity contribution in [1.29, 1.82) is 0 Å². The molecule has 1 amide bonds. The van der Waals surface area contributed by atoms with Crippen molar-refractivity contribution < 1.29 is 9.36 Å². The monoisotopic (exact) mass is 241 g/mol. The molecule has 1 heterocycles. The molecule has 92 valence electrons. The van der Waals surface area contributed by atoms with Crippen molar-refractivity contribution in [3.05, 3.63) is 66.0 Å². The van der Waals surface area contributed by atoms with Gasteiger partial charge in [-0.15, -0.1) is 0 Å². The molecule has 0 N–H and O–H groups in total. The topological polar surface area (TPSA) is 24.2 Å². The first-order chi connectivity index (χ1) is 8.66. The second-order valence-corrected chi connectivity index (χ2v) is 4.40. The average molecular weight is 241 g/mol. The summed E-state index contributed by atoms with van der Waals surface area (Å²) >= 11 is 0. The van der Waals surface area contributed by atoms with Gasteiger partial charge in [0, 0.05) is 19.7 Å². The van der Waals surface area contributed by atoms with Gasteiger partial charge in [-0.1, -0.05) is 30.3 Å². The van der Waals surface area contributed by atoms with E-state index in [4.69, 9.17) is 0 Å². The van der Waals surface area contributed by atoms with Gasteiger partial charge in [0.05, 0.1) is 0 Å². The predicted octanol–water partition coefficient (Wildman–Crippen LogP) is 1.78. The molecule has 3 nitrogen and oxygen atoms in total. The van der Waals surface area contributed by atoms with Crippen molar-refractivity contribution in [2.24, 2.45) is 7.05 Å². The maximum Gasteiger partial charge on any atom is 0.259 e. The van der Waals surface area contributed by atoms with Gasteiger partial charge in [0.2, 0.25) is 0 Å². The summed E-state index contributed by atoms with van der Waals surface area (Å²) in [5.74, 6) is 0.0371. The lowest BCUT2D eigenvalue weighted by atomic mass is 10.2. The Morgan fingerprint density at radius 1 is 1.17 bits per heavy atom. The van der Waals surface area contributed by atoms with Crippen LogP contribution in [0.15, 0.2) is 54.9 Å². The first-order valence-electron chi connectivity index (χ1n) is 5.91. The van der Waals surface area contributed by atoms with Crippen LogP contribution >= 0.6 is 0 Å². The fourth-order valence-electron chi connectivity index (χ4n) is 1.86. The largest absolute Gasteiger partial charge is 0.337 e. The Morgan fingerprint density at radius 2 is 1.89 bits per heavy atom. The SMILES string of the molecule is CN(Cc1ccccc1)C(=O)c1ccc[n+](C)c1. The Bertz CT molecular complexity index is 537. The number of hydrogen-bond acceptors (Lipinski definition) is 1. The van der Waals surface area contributed by atoms with Gasteiger partial charge in [0.1, 0.15) is 12.6 Å². The Morgan fingerprint density at radius 3 is 2.56 bits per heavy atom. The highest BCUT2D eigenvalue weighted by Crippen LogP contribution is 2.06. The average Bonchev–Trinajstić information content (AvgIpc) is 2.39. The van der Waals surface area contributed by atoms with Crippen LogP contribution in [0.5, 0.6) is 0 Å². The molecule has 0 bridgehead atoms. The van der Waals surface area contributed by atoms with Crippen LogP contribution in [-0.2, 0) is 13.6 Å². The minimum Gasteiger partial charge on any atom is -0.337 e. The molecule has 1 aromatic carbocycles. The van der Waals surface area contributed by atoms with Crippen molar-refractivity contribution in [3.8, 4) is 0 Å². The van der Waals surface area contributed by atoms with Gasteiger partial charge in [0.15, 0.2) is 12.4 Å². The van der Waals surface area contributed by atoms with E-state index in [-0.39, 0.29) is 5.91 Å². The van der Waals surface area contributed by atoms with Gasteiger partial charge in [-0.25, -0.2) is 4.57 Å². The number of carbonyl (C=O) groups excluding carboxylic acids is 1. The van der Waals surface area contributed by atoms with Gasteiger partial charge in [-0.3, -0.25) is 4.79 Å². The zero-order valence-corrected chi connectivity index (χ0v) is 10.7. The van der Waals surface area contributed by atoms with Gasteiger partial charge < -0.3 is 4.90 Å². The van der Waals surface area contributed by atoms with Crippen molar-refractivity contribution in [2.45, 2.75) is 6.54 Å². The van der Waals surface area contributed by atoms with Gasteiger partial charge in [-0.05, 0) is 11.6 Å². The quantitative estimate of drug-likeness (QED) is 0.752. The maximum absolute atomic E-state index is 12.2. The highest BCUT2D eigenvalue weighted by molar-refractivity contribution is 5.93. The molecule has 2 rings (SSSR count). The van der Waals surface area contributed by atoms with Crippen molar-refractivity contribution in [2.75, 3.05) is 7.05 Å². The molecule has 3 heteroatoms. The third-order valence-corrected chi connectivity index (χ3v) is 2.80. The molecule has 0 spiro atoms. The van der Waals surface area contributed by atoms with Gasteiger partial charge in [-0.2, -0.15) is 0 Å². The van der Waals surface area contributed by atoms with Gasteiger partial charge >= 0.3 is 0 Å². The zero-order chi connectivity index (χ0) is 13.0. The van der Waals surface area contributed by atoms with E-state index in [1.807, 2.05) is 73.5 Å². The van der Waals surface area contributed by atoms with Crippen LogP contribution in [0.3, 0.4) is 0 Å². The number of aromatic nitrogens is 1. The molecule has 18 heavy (non-hydrogen) atoms. The third-order valence-electron chi connectivity index (χ3n) is 2.80. The summed E-state index contributed by atoms with van der Waals surface area (Å²) < 4.78 is 1.88. The number of rotatable bonds is 3. The van der Waals surface area contributed by atoms with Crippen LogP contribution in [0.4, 0.5) is 0 Å². The predicted molar refractivity (Wildman–Crippen MR) is 69.9 cm³/mol. The third kappa shape index (κ3) is 2.94. The molecule has 0 aliphatic heterocycles. The summed E-state index contributed by atoms with van der Waals surface area (Å²) in [7, 11) is 3.73. The second-order valence-electron chi connectivity index (χ2n) is 4.40. The Balaban J connectivity index is 2.10. The summed E-state index contributed by atoms with van der Waals surface area (Å²) in [6.07, 6.45) is 3.75. The number of amides is 1.